The van der Waals surface area contributed by atoms with E-state index in [9.17, 15) is 4.39 Å². The molecule has 0 fully saturated rings. The summed E-state index contributed by atoms with van der Waals surface area (Å²) in [5.74, 6) is 0.576. The Hall–Kier alpha value is -2.25. The van der Waals surface area contributed by atoms with Crippen LogP contribution in [-0.4, -0.2) is 26.7 Å². The molecule has 7 nitrogen and oxygen atoms in total. The van der Waals surface area contributed by atoms with Crippen molar-refractivity contribution < 1.29 is 8.91 Å². The van der Waals surface area contributed by atoms with Gasteiger partial charge in [-0.2, -0.15) is 9.97 Å². The summed E-state index contributed by atoms with van der Waals surface area (Å²) >= 11 is 0. The molecule has 90 valence electrons. The van der Waals surface area contributed by atoms with Gasteiger partial charge >= 0.3 is 0 Å². The minimum atomic E-state index is -0.555. The number of nitrogens with two attached hydrogens (primary N) is 1. The van der Waals surface area contributed by atoms with Crippen molar-refractivity contribution in [2.45, 2.75) is 13.3 Å². The molecule has 0 saturated carbocycles. The summed E-state index contributed by atoms with van der Waals surface area (Å²) in [6.45, 7) is 2.14. The van der Waals surface area contributed by atoms with E-state index in [0.29, 0.717) is 24.7 Å². The third-order valence-electron chi connectivity index (χ3n) is 1.96. The lowest BCUT2D eigenvalue weighted by Gasteiger charge is -2.04. The zero-order chi connectivity index (χ0) is 12.3. The zero-order valence-electron chi connectivity index (χ0n) is 9.14. The second-order valence-corrected chi connectivity index (χ2v) is 3.34. The number of aryl methyl sites for hydroxylation is 1. The van der Waals surface area contributed by atoms with Gasteiger partial charge in [0.1, 0.15) is 0 Å². The number of nitrogens with one attached hydrogen (secondary N) is 1. The Morgan fingerprint density at radius 2 is 2.29 bits per heavy atom. The minimum absolute atomic E-state index is 0.0162. The number of halogens is 1. The Kier molecular flexibility index (Phi) is 3.12. The van der Waals surface area contributed by atoms with Crippen LogP contribution in [0.15, 0.2) is 10.7 Å². The van der Waals surface area contributed by atoms with E-state index >= 15 is 0 Å². The lowest BCUT2D eigenvalue weighted by atomic mass is 10.4. The van der Waals surface area contributed by atoms with E-state index in [1.165, 1.54) is 0 Å². The summed E-state index contributed by atoms with van der Waals surface area (Å²) in [6, 6.07) is 0. The summed E-state index contributed by atoms with van der Waals surface area (Å²) in [6.07, 6.45) is 1.49. The molecule has 2 aromatic rings. The van der Waals surface area contributed by atoms with Crippen LogP contribution in [0.5, 0.6) is 0 Å². The zero-order valence-corrected chi connectivity index (χ0v) is 9.14. The van der Waals surface area contributed by atoms with Crippen LogP contribution >= 0.6 is 0 Å². The van der Waals surface area contributed by atoms with Crippen LogP contribution in [0, 0.1) is 12.7 Å². The molecule has 2 rings (SSSR count). The van der Waals surface area contributed by atoms with E-state index in [-0.39, 0.29) is 11.8 Å². The van der Waals surface area contributed by atoms with E-state index in [4.69, 9.17) is 10.3 Å². The predicted octanol–water partition coefficient (Wildman–Crippen LogP) is 0.544. The molecule has 0 saturated heterocycles. The third-order valence-corrected chi connectivity index (χ3v) is 1.96. The van der Waals surface area contributed by atoms with Gasteiger partial charge in [-0.25, -0.2) is 9.37 Å². The van der Waals surface area contributed by atoms with Gasteiger partial charge in [-0.05, 0) is 6.92 Å². The lowest BCUT2D eigenvalue weighted by Crippen LogP contribution is -2.10. The number of aromatic nitrogens is 4. The van der Waals surface area contributed by atoms with Gasteiger partial charge in [0.05, 0.1) is 6.20 Å². The number of rotatable bonds is 4. The molecular weight excluding hydrogens is 227 g/mol. The highest BCUT2D eigenvalue weighted by atomic mass is 19.1. The molecule has 8 heteroatoms. The second kappa shape index (κ2) is 4.73. The maximum Gasteiger partial charge on any atom is 0.228 e. The largest absolute Gasteiger partial charge is 0.368 e. The van der Waals surface area contributed by atoms with Crippen molar-refractivity contribution in [3.63, 3.8) is 0 Å². The van der Waals surface area contributed by atoms with E-state index in [0.717, 1.165) is 6.20 Å². The standard InChI is InChI=1S/C9H11FN6O/c1-5-14-7(17-16-5)2-3-12-8-6(10)4-13-9(11)15-8/h4H,2-3H2,1H3,(H3,11,12,13,15). The highest BCUT2D eigenvalue weighted by Crippen LogP contribution is 2.09. The molecule has 0 bridgehead atoms. The van der Waals surface area contributed by atoms with E-state index < -0.39 is 5.82 Å². The molecule has 0 amide bonds. The number of hydrogen-bond donors (Lipinski definition) is 2. The van der Waals surface area contributed by atoms with Crippen LogP contribution < -0.4 is 11.1 Å². The number of nitrogens with zero attached hydrogens (tertiary/aromatic N) is 4. The van der Waals surface area contributed by atoms with Crippen LogP contribution in [0.3, 0.4) is 0 Å². The maximum absolute atomic E-state index is 13.2. The van der Waals surface area contributed by atoms with Crippen LogP contribution in [0.4, 0.5) is 16.2 Å². The van der Waals surface area contributed by atoms with E-state index in [1.807, 2.05) is 0 Å². The van der Waals surface area contributed by atoms with Crippen molar-refractivity contribution in [2.75, 3.05) is 17.6 Å². The summed E-state index contributed by atoms with van der Waals surface area (Å²) in [5, 5.41) is 6.42. The average Bonchev–Trinajstić information content (AvgIpc) is 2.69. The van der Waals surface area contributed by atoms with Gasteiger partial charge < -0.3 is 15.6 Å². The molecule has 0 unspecified atom stereocenters. The van der Waals surface area contributed by atoms with Gasteiger partial charge in [0, 0.05) is 13.0 Å². The van der Waals surface area contributed by atoms with Crippen molar-refractivity contribution in [3.05, 3.63) is 23.7 Å². The molecule has 2 heterocycles. The fourth-order valence-corrected chi connectivity index (χ4v) is 1.23. The van der Waals surface area contributed by atoms with Gasteiger partial charge in [0.25, 0.3) is 0 Å². The minimum Gasteiger partial charge on any atom is -0.368 e. The molecule has 17 heavy (non-hydrogen) atoms. The number of anilines is 2. The van der Waals surface area contributed by atoms with Crippen LogP contribution in [0.25, 0.3) is 0 Å². The smallest absolute Gasteiger partial charge is 0.228 e. The highest BCUT2D eigenvalue weighted by Gasteiger charge is 2.06. The van der Waals surface area contributed by atoms with Crippen molar-refractivity contribution in [1.29, 1.82) is 0 Å². The Morgan fingerprint density at radius 3 is 3.00 bits per heavy atom. The van der Waals surface area contributed by atoms with Crippen LogP contribution in [-0.2, 0) is 6.42 Å². The lowest BCUT2D eigenvalue weighted by molar-refractivity contribution is 0.377. The van der Waals surface area contributed by atoms with Crippen molar-refractivity contribution in [3.8, 4) is 0 Å². The van der Waals surface area contributed by atoms with Crippen LogP contribution in [0.2, 0.25) is 0 Å². The molecule has 3 N–H and O–H groups in total. The Balaban J connectivity index is 1.91. The Morgan fingerprint density at radius 1 is 1.47 bits per heavy atom. The van der Waals surface area contributed by atoms with Gasteiger partial charge in [-0.3, -0.25) is 0 Å². The SMILES string of the molecule is Cc1noc(CCNc2nc(N)ncc2F)n1. The van der Waals surface area contributed by atoms with Crippen molar-refractivity contribution >= 4 is 11.8 Å². The molecule has 0 atom stereocenters. The first kappa shape index (κ1) is 11.2. The predicted molar refractivity (Wildman–Crippen MR) is 57.6 cm³/mol. The van der Waals surface area contributed by atoms with Gasteiger partial charge in [0.2, 0.25) is 11.8 Å². The molecule has 0 spiro atoms. The molecule has 0 aliphatic rings. The molecule has 2 aromatic heterocycles. The fraction of sp³-hybridized carbons (Fsp3) is 0.333. The molecular formula is C9H11FN6O. The molecule has 0 aromatic carbocycles. The molecule has 0 aliphatic carbocycles. The third kappa shape index (κ3) is 2.86. The van der Waals surface area contributed by atoms with Crippen molar-refractivity contribution in [1.82, 2.24) is 20.1 Å². The Labute approximate surface area is 96.3 Å². The van der Waals surface area contributed by atoms with Crippen LogP contribution in [0.1, 0.15) is 11.7 Å². The van der Waals surface area contributed by atoms with Gasteiger partial charge in [-0.1, -0.05) is 5.16 Å². The van der Waals surface area contributed by atoms with E-state index in [2.05, 4.69) is 25.4 Å². The first-order chi connectivity index (χ1) is 8.15. The number of nitrogen functional groups attached to an aromatic ring is 1. The monoisotopic (exact) mass is 238 g/mol. The summed E-state index contributed by atoms with van der Waals surface area (Å²) in [4.78, 5) is 11.3. The highest BCUT2D eigenvalue weighted by molar-refractivity contribution is 5.38. The van der Waals surface area contributed by atoms with Gasteiger partial charge in [0.15, 0.2) is 17.5 Å². The molecule has 0 radical (unpaired) electrons. The molecule has 0 aliphatic heterocycles. The normalized spacial score (nSPS) is 10.5. The van der Waals surface area contributed by atoms with E-state index in [1.54, 1.807) is 6.92 Å². The topological polar surface area (TPSA) is 103 Å². The first-order valence-corrected chi connectivity index (χ1v) is 4.96. The fourth-order valence-electron chi connectivity index (χ4n) is 1.23. The Bertz CT molecular complexity index is 514. The summed E-state index contributed by atoms with van der Waals surface area (Å²) in [7, 11) is 0. The summed E-state index contributed by atoms with van der Waals surface area (Å²) in [5.41, 5.74) is 5.34. The first-order valence-electron chi connectivity index (χ1n) is 4.96. The second-order valence-electron chi connectivity index (χ2n) is 3.34. The quantitative estimate of drug-likeness (QED) is 0.801. The maximum atomic E-state index is 13.2. The summed E-state index contributed by atoms with van der Waals surface area (Å²) < 4.78 is 18.1. The number of hydrogen-bond acceptors (Lipinski definition) is 7. The van der Waals surface area contributed by atoms with Crippen molar-refractivity contribution in [2.24, 2.45) is 0 Å². The van der Waals surface area contributed by atoms with Gasteiger partial charge in [-0.15, -0.1) is 0 Å². The average molecular weight is 238 g/mol.